The Bertz CT molecular complexity index is 1070. The summed E-state index contributed by atoms with van der Waals surface area (Å²) in [6.45, 7) is 17.5. The van der Waals surface area contributed by atoms with Crippen LogP contribution in [-0.4, -0.2) is 88.4 Å². The molecule has 0 bridgehead atoms. The fraction of sp³-hybridized carbons (Fsp3) is 1.00. The molecule has 0 aromatic heterocycles. The molecule has 7 rings (SSSR count). The Hall–Kier alpha value is -0.280. The van der Waals surface area contributed by atoms with Crippen molar-refractivity contribution in [3.05, 3.63) is 0 Å². The predicted molar refractivity (Wildman–Crippen MR) is 165 cm³/mol. The Kier molecular flexibility index (Phi) is 7.37. The van der Waals surface area contributed by atoms with Crippen molar-refractivity contribution < 1.29 is 29.5 Å². The van der Waals surface area contributed by atoms with Crippen molar-refractivity contribution in [1.29, 1.82) is 0 Å². The van der Waals surface area contributed by atoms with Crippen molar-refractivity contribution in [3.63, 3.8) is 0 Å². The van der Waals surface area contributed by atoms with Crippen LogP contribution in [0.4, 0.5) is 0 Å². The van der Waals surface area contributed by atoms with Gasteiger partial charge in [-0.05, 0) is 137 Å². The summed E-state index contributed by atoms with van der Waals surface area (Å²) < 4.78 is 19.7. The van der Waals surface area contributed by atoms with E-state index in [1.807, 2.05) is 0 Å². The van der Waals surface area contributed by atoms with Crippen LogP contribution in [0.2, 0.25) is 0 Å². The molecule has 0 aromatic rings. The molecule has 9 unspecified atom stereocenters. The highest BCUT2D eigenvalue weighted by molar-refractivity contribution is 5.29. The van der Waals surface area contributed by atoms with Crippen LogP contribution in [0.5, 0.6) is 0 Å². The summed E-state index contributed by atoms with van der Waals surface area (Å²) in [4.78, 5) is 2.33. The number of ether oxygens (including phenoxy) is 3. The van der Waals surface area contributed by atoms with Gasteiger partial charge in [0.25, 0.3) is 0 Å². The summed E-state index contributed by atoms with van der Waals surface area (Å²) in [5.74, 6) is 2.78. The predicted octanol–water partition coefficient (Wildman–Crippen LogP) is 5.14. The Morgan fingerprint density at radius 3 is 2.40 bits per heavy atom. The SMILES string of the molecule is CC12CC[C@@]34CC35CC[C@H](OC3CN(C(C)(C)CO)CCO3)C(C)(C)C5CCC4C1CC1OC([C@H](O)C(C)(C)O)CCC12. The minimum absolute atomic E-state index is 0.110. The Labute approximate surface area is 260 Å². The molecule has 7 nitrogen and oxygen atoms in total. The number of aliphatic hydroxyl groups is 3. The zero-order valence-electron chi connectivity index (χ0n) is 28.1. The molecule has 2 saturated heterocycles. The quantitative estimate of drug-likeness (QED) is 0.387. The zero-order chi connectivity index (χ0) is 30.8. The van der Waals surface area contributed by atoms with Crippen LogP contribution in [0.15, 0.2) is 0 Å². The van der Waals surface area contributed by atoms with E-state index < -0.39 is 11.7 Å². The number of hydrogen-bond donors (Lipinski definition) is 3. The lowest BCUT2D eigenvalue weighted by atomic mass is 9.46. The largest absolute Gasteiger partial charge is 0.394 e. The first-order valence-corrected chi connectivity index (χ1v) is 17.8. The van der Waals surface area contributed by atoms with E-state index in [2.05, 4.69) is 39.5 Å². The number of fused-ring (bicyclic) bond motifs is 4. The Morgan fingerprint density at radius 2 is 1.67 bits per heavy atom. The summed E-state index contributed by atoms with van der Waals surface area (Å²) in [5.41, 5.74) is 0.00950. The maximum atomic E-state index is 10.8. The molecule has 2 heterocycles. The minimum atomic E-state index is -1.14. The number of hydrogen-bond acceptors (Lipinski definition) is 7. The van der Waals surface area contributed by atoms with Gasteiger partial charge in [-0.3, -0.25) is 4.90 Å². The summed E-state index contributed by atoms with van der Waals surface area (Å²) in [6.07, 6.45) is 11.4. The van der Waals surface area contributed by atoms with E-state index in [9.17, 15) is 15.3 Å². The molecule has 0 amide bonds. The van der Waals surface area contributed by atoms with E-state index in [1.165, 1.54) is 38.5 Å². The summed E-state index contributed by atoms with van der Waals surface area (Å²) in [7, 11) is 0. The molecule has 7 aliphatic rings. The highest BCUT2D eigenvalue weighted by Crippen LogP contribution is 2.87. The van der Waals surface area contributed by atoms with Crippen molar-refractivity contribution >= 4 is 0 Å². The van der Waals surface area contributed by atoms with Crippen molar-refractivity contribution in [3.8, 4) is 0 Å². The maximum Gasteiger partial charge on any atom is 0.170 e. The Balaban J connectivity index is 1.05. The van der Waals surface area contributed by atoms with Crippen LogP contribution in [-0.2, 0) is 14.2 Å². The number of nitrogens with zero attached hydrogens (tertiary/aromatic N) is 1. The van der Waals surface area contributed by atoms with E-state index in [1.54, 1.807) is 13.8 Å². The zero-order valence-corrected chi connectivity index (χ0v) is 28.1. The molecule has 7 heteroatoms. The fourth-order valence-electron chi connectivity index (χ4n) is 12.7. The van der Waals surface area contributed by atoms with Gasteiger partial charge >= 0.3 is 0 Å². The van der Waals surface area contributed by atoms with Crippen LogP contribution < -0.4 is 0 Å². The van der Waals surface area contributed by atoms with Crippen LogP contribution in [0.25, 0.3) is 0 Å². The average molecular weight is 604 g/mol. The summed E-state index contributed by atoms with van der Waals surface area (Å²) >= 11 is 0. The van der Waals surface area contributed by atoms with Gasteiger partial charge in [0, 0.05) is 12.1 Å². The van der Waals surface area contributed by atoms with Gasteiger partial charge in [0.05, 0.1) is 43.7 Å². The molecule has 0 radical (unpaired) electrons. The number of morpholine rings is 1. The van der Waals surface area contributed by atoms with Gasteiger partial charge in [-0.1, -0.05) is 20.8 Å². The van der Waals surface area contributed by atoms with Crippen molar-refractivity contribution in [2.45, 2.75) is 155 Å². The first-order chi connectivity index (χ1) is 20.1. The number of rotatable bonds is 6. The van der Waals surface area contributed by atoms with Gasteiger partial charge in [0.2, 0.25) is 0 Å². The lowest BCUT2D eigenvalue weighted by Crippen LogP contribution is -2.58. The van der Waals surface area contributed by atoms with E-state index in [-0.39, 0.29) is 42.2 Å². The third-order valence-corrected chi connectivity index (χ3v) is 15.2. The van der Waals surface area contributed by atoms with Crippen molar-refractivity contribution in [2.75, 3.05) is 26.3 Å². The normalized spacial score (nSPS) is 50.1. The minimum Gasteiger partial charge on any atom is -0.394 e. The Morgan fingerprint density at radius 1 is 0.930 bits per heavy atom. The lowest BCUT2D eigenvalue weighted by molar-refractivity contribution is -0.251. The monoisotopic (exact) mass is 603 g/mol. The molecule has 2 spiro atoms. The molecule has 3 N–H and O–H groups in total. The fourth-order valence-corrected chi connectivity index (χ4v) is 12.7. The molecule has 5 saturated carbocycles. The second-order valence-electron chi connectivity index (χ2n) is 18.3. The van der Waals surface area contributed by atoms with E-state index >= 15 is 0 Å². The second kappa shape index (κ2) is 10.1. The van der Waals surface area contributed by atoms with E-state index in [0.29, 0.717) is 40.6 Å². The second-order valence-corrected chi connectivity index (χ2v) is 18.3. The van der Waals surface area contributed by atoms with E-state index in [4.69, 9.17) is 14.2 Å². The van der Waals surface area contributed by atoms with Gasteiger partial charge in [-0.15, -0.1) is 0 Å². The van der Waals surface area contributed by atoms with Crippen LogP contribution >= 0.6 is 0 Å². The molecule has 7 fully saturated rings. The molecule has 0 aromatic carbocycles. The van der Waals surface area contributed by atoms with Crippen molar-refractivity contribution in [2.24, 2.45) is 45.3 Å². The van der Waals surface area contributed by atoms with Gasteiger partial charge in [-0.25, -0.2) is 0 Å². The van der Waals surface area contributed by atoms with Gasteiger partial charge in [0.1, 0.15) is 6.10 Å². The molecule has 246 valence electrons. The topological polar surface area (TPSA) is 91.6 Å². The van der Waals surface area contributed by atoms with Crippen molar-refractivity contribution in [1.82, 2.24) is 4.90 Å². The standard InChI is InChI=1S/C36H61NO6/c1-31(2,21-38)37-16-17-41-29(19-37)43-28-12-13-36-20-35(36)15-14-34(7)23-8-10-25(30(39)33(5,6)40)42-26(23)18-24(34)22(35)9-11-27(36)32(28,3)4/h22-30,38-40H,8-21H2,1-7H3/t22?,23?,24?,25?,26?,27?,28-,29?,30-,34?,35-,36?/m0/s1. The first-order valence-electron chi connectivity index (χ1n) is 17.8. The van der Waals surface area contributed by atoms with E-state index in [0.717, 1.165) is 44.7 Å². The molecule has 43 heavy (non-hydrogen) atoms. The highest BCUT2D eigenvalue weighted by atomic mass is 16.7. The molecular formula is C36H61NO6. The molecule has 12 atom stereocenters. The highest BCUT2D eigenvalue weighted by Gasteiger charge is 2.80. The smallest absolute Gasteiger partial charge is 0.170 e. The van der Waals surface area contributed by atoms with Gasteiger partial charge in [-0.2, -0.15) is 0 Å². The lowest BCUT2D eigenvalue weighted by Gasteiger charge is -2.60. The first kappa shape index (κ1) is 31.3. The average Bonchev–Trinajstić information content (AvgIpc) is 3.53. The summed E-state index contributed by atoms with van der Waals surface area (Å²) in [6, 6.07) is 0. The van der Waals surface area contributed by atoms with Gasteiger partial charge < -0.3 is 29.5 Å². The maximum absolute atomic E-state index is 10.8. The summed E-state index contributed by atoms with van der Waals surface area (Å²) in [5, 5.41) is 31.3. The van der Waals surface area contributed by atoms with Crippen LogP contribution in [0.3, 0.4) is 0 Å². The van der Waals surface area contributed by atoms with Crippen LogP contribution in [0, 0.1) is 45.3 Å². The molecular weight excluding hydrogens is 542 g/mol. The third kappa shape index (κ3) is 4.52. The molecule has 2 aliphatic heterocycles. The third-order valence-electron chi connectivity index (χ3n) is 15.2. The van der Waals surface area contributed by atoms with Gasteiger partial charge in [0.15, 0.2) is 6.29 Å². The van der Waals surface area contributed by atoms with Crippen LogP contribution in [0.1, 0.15) is 113 Å². The number of aliphatic hydroxyl groups excluding tert-OH is 2. The molecule has 5 aliphatic carbocycles.